The van der Waals surface area contributed by atoms with E-state index in [1.807, 2.05) is 19.9 Å². The highest BCUT2D eigenvalue weighted by molar-refractivity contribution is 5.97. The van der Waals surface area contributed by atoms with Crippen LogP contribution in [-0.4, -0.2) is 38.4 Å². The zero-order valence-electron chi connectivity index (χ0n) is 25.9. The molecule has 4 N–H and O–H groups in total. The van der Waals surface area contributed by atoms with Crippen LogP contribution in [0.5, 0.6) is 17.2 Å². The molecule has 10 heteroatoms. The van der Waals surface area contributed by atoms with E-state index in [9.17, 15) is 34.1 Å². The van der Waals surface area contributed by atoms with Crippen LogP contribution in [0.1, 0.15) is 85.1 Å². The van der Waals surface area contributed by atoms with Crippen molar-refractivity contribution in [2.75, 3.05) is 6.61 Å². The number of carbonyl (C=O) groups is 2. The number of rotatable bonds is 16. The predicted molar refractivity (Wildman–Crippen MR) is 172 cm³/mol. The summed E-state index contributed by atoms with van der Waals surface area (Å²) in [4.78, 5) is 36.0. The van der Waals surface area contributed by atoms with Gasteiger partial charge in [0.15, 0.2) is 5.75 Å². The lowest BCUT2D eigenvalue weighted by atomic mass is 9.97. The number of hydrogen-bond acceptors (Lipinski definition) is 6. The van der Waals surface area contributed by atoms with Crippen LogP contribution in [0.15, 0.2) is 59.0 Å². The summed E-state index contributed by atoms with van der Waals surface area (Å²) < 4.78 is 21.0. The number of aromatic carboxylic acids is 1. The minimum atomic E-state index is -1.27. The molecule has 0 fully saturated rings. The number of aromatic nitrogens is 1. The first-order valence-corrected chi connectivity index (χ1v) is 14.9. The van der Waals surface area contributed by atoms with Gasteiger partial charge in [-0.15, -0.1) is 0 Å². The van der Waals surface area contributed by atoms with Crippen LogP contribution in [0, 0.1) is 5.82 Å². The third-order valence-electron chi connectivity index (χ3n) is 7.24. The number of benzene rings is 2. The molecule has 1 aromatic heterocycles. The molecule has 1 amide bonds. The molecule has 45 heavy (non-hydrogen) atoms. The van der Waals surface area contributed by atoms with Crippen LogP contribution in [0.25, 0.3) is 12.2 Å². The van der Waals surface area contributed by atoms with Gasteiger partial charge in [0.25, 0.3) is 0 Å². The number of aryl methyl sites for hydroxylation is 1. The zero-order valence-corrected chi connectivity index (χ0v) is 25.9. The Kier molecular flexibility index (Phi) is 13.0. The van der Waals surface area contributed by atoms with Crippen molar-refractivity contribution in [3.63, 3.8) is 0 Å². The number of allylic oxidation sites excluding steroid dienone is 2. The zero-order chi connectivity index (χ0) is 32.9. The highest BCUT2D eigenvalue weighted by Crippen LogP contribution is 2.36. The molecule has 0 saturated carbocycles. The van der Waals surface area contributed by atoms with Crippen LogP contribution >= 0.6 is 0 Å². The average Bonchev–Trinajstić information content (AvgIpc) is 2.98. The van der Waals surface area contributed by atoms with E-state index >= 15 is 0 Å². The molecule has 3 rings (SSSR count). The first-order chi connectivity index (χ1) is 21.5. The summed E-state index contributed by atoms with van der Waals surface area (Å²) in [7, 11) is 1.69. The Labute approximate surface area is 262 Å². The highest BCUT2D eigenvalue weighted by Gasteiger charge is 2.22. The largest absolute Gasteiger partial charge is 0.507 e. The lowest BCUT2D eigenvalue weighted by Gasteiger charge is -2.16. The number of aromatic hydroxyl groups is 2. The first kappa shape index (κ1) is 34.6. The summed E-state index contributed by atoms with van der Waals surface area (Å²) in [5.41, 5.74) is 2.23. The molecule has 0 unspecified atom stereocenters. The number of pyridine rings is 1. The van der Waals surface area contributed by atoms with Gasteiger partial charge in [-0.1, -0.05) is 55.2 Å². The average molecular weight is 621 g/mol. The molecule has 9 nitrogen and oxygen atoms in total. The van der Waals surface area contributed by atoms with E-state index in [-0.39, 0.29) is 40.9 Å². The highest BCUT2D eigenvalue weighted by atomic mass is 19.1. The molecule has 0 saturated heterocycles. The van der Waals surface area contributed by atoms with E-state index in [1.165, 1.54) is 24.4 Å². The van der Waals surface area contributed by atoms with Gasteiger partial charge >= 0.3 is 5.97 Å². The third-order valence-corrected chi connectivity index (χ3v) is 7.24. The molecule has 0 radical (unpaired) electrons. The monoisotopic (exact) mass is 620 g/mol. The van der Waals surface area contributed by atoms with Gasteiger partial charge in [-0.05, 0) is 62.4 Å². The van der Waals surface area contributed by atoms with Crippen molar-refractivity contribution in [1.29, 1.82) is 0 Å². The van der Waals surface area contributed by atoms with Crippen molar-refractivity contribution in [2.24, 2.45) is 7.05 Å². The maximum atomic E-state index is 13.3. The van der Waals surface area contributed by atoms with E-state index in [0.29, 0.717) is 48.4 Å². The summed E-state index contributed by atoms with van der Waals surface area (Å²) in [6.07, 6.45) is 11.1. The minimum Gasteiger partial charge on any atom is -0.507 e. The maximum Gasteiger partial charge on any atom is 0.340 e. The molecule has 1 heterocycles. The van der Waals surface area contributed by atoms with Crippen LogP contribution in [0.3, 0.4) is 0 Å². The Balaban J connectivity index is 1.54. The Hall–Kier alpha value is -4.86. The van der Waals surface area contributed by atoms with Gasteiger partial charge in [0, 0.05) is 37.0 Å². The molecule has 0 spiro atoms. The number of carboxylic acid groups (broad SMARTS) is 1. The van der Waals surface area contributed by atoms with Gasteiger partial charge in [-0.2, -0.15) is 0 Å². The number of ether oxygens (including phenoxy) is 1. The minimum absolute atomic E-state index is 0.114. The molecule has 0 bridgehead atoms. The van der Waals surface area contributed by atoms with E-state index in [1.54, 1.807) is 42.0 Å². The Morgan fingerprint density at radius 2 is 1.69 bits per heavy atom. The first-order valence-electron chi connectivity index (χ1n) is 14.9. The molecule has 240 valence electrons. The van der Waals surface area contributed by atoms with Crippen LogP contribution < -0.4 is 15.5 Å². The second-order valence-electron chi connectivity index (χ2n) is 11.1. The fourth-order valence-electron chi connectivity index (χ4n) is 4.66. The van der Waals surface area contributed by atoms with Gasteiger partial charge < -0.3 is 29.9 Å². The van der Waals surface area contributed by atoms with Crippen molar-refractivity contribution >= 4 is 24.0 Å². The molecular weight excluding hydrogens is 579 g/mol. The number of hydrogen-bond donors (Lipinski definition) is 4. The summed E-state index contributed by atoms with van der Waals surface area (Å²) >= 11 is 0. The summed E-state index contributed by atoms with van der Waals surface area (Å²) in [5.74, 6) is -2.04. The maximum absolute atomic E-state index is 13.3. The predicted octanol–water partition coefficient (Wildman–Crippen LogP) is 6.35. The lowest BCUT2D eigenvalue weighted by molar-refractivity contribution is -0.121. The van der Waals surface area contributed by atoms with Crippen molar-refractivity contribution in [3.8, 4) is 17.2 Å². The fourth-order valence-corrected chi connectivity index (χ4v) is 4.66. The van der Waals surface area contributed by atoms with Crippen molar-refractivity contribution in [2.45, 2.75) is 65.3 Å². The van der Waals surface area contributed by atoms with Gasteiger partial charge in [0.2, 0.25) is 11.3 Å². The number of nitrogens with zero attached hydrogens (tertiary/aromatic N) is 1. The number of carboxylic acids is 1. The number of halogens is 1. The second kappa shape index (κ2) is 16.8. The van der Waals surface area contributed by atoms with E-state index in [2.05, 4.69) is 5.32 Å². The molecule has 0 aliphatic heterocycles. The Morgan fingerprint density at radius 3 is 2.38 bits per heavy atom. The van der Waals surface area contributed by atoms with Gasteiger partial charge in [0.1, 0.15) is 22.9 Å². The number of amides is 1. The van der Waals surface area contributed by atoms with Crippen LogP contribution in [-0.2, 0) is 24.8 Å². The van der Waals surface area contributed by atoms with Crippen molar-refractivity contribution < 1.29 is 34.0 Å². The topological polar surface area (TPSA) is 138 Å². The van der Waals surface area contributed by atoms with Gasteiger partial charge in [0.05, 0.1) is 13.2 Å². The summed E-state index contributed by atoms with van der Waals surface area (Å²) in [5, 5.41) is 33.2. The summed E-state index contributed by atoms with van der Waals surface area (Å²) in [6, 6.07) is 8.68. The van der Waals surface area contributed by atoms with Crippen LogP contribution in [0.2, 0.25) is 0 Å². The number of phenols is 1. The molecule has 0 aliphatic rings. The molecular formula is C35H41FN2O7. The fraction of sp³-hybridized carbons (Fsp3) is 0.343. The second-order valence-corrected chi connectivity index (χ2v) is 11.1. The van der Waals surface area contributed by atoms with Crippen molar-refractivity contribution in [1.82, 2.24) is 9.88 Å². The third kappa shape index (κ3) is 10.7. The number of carbonyl (C=O) groups excluding carboxylic acids is 1. The van der Waals surface area contributed by atoms with Crippen LogP contribution in [0.4, 0.5) is 4.39 Å². The number of unbranched alkanes of at least 4 members (excludes halogenated alkanes) is 4. The van der Waals surface area contributed by atoms with Gasteiger partial charge in [-0.25, -0.2) is 9.18 Å². The Morgan fingerprint density at radius 1 is 1.00 bits per heavy atom. The lowest BCUT2D eigenvalue weighted by Crippen LogP contribution is -2.25. The molecule has 2 aromatic carbocycles. The number of nitrogens with one attached hydrogen (secondary N) is 1. The van der Waals surface area contributed by atoms with Crippen molar-refractivity contribution in [3.05, 3.63) is 98.2 Å². The molecule has 0 atom stereocenters. The standard InChI is InChI=1S/C35H41FN2O7/c1-23(2)10-17-28-31(19-25(33(34(28)42)35(43)44)14-11-24-12-15-26(36)16-13-24)45-18-8-6-4-5-7-9-32(41)37-21-27-20-29(39)30(40)22-38(27)3/h10-16,19-20,22,40,42H,4-9,17-18,21H2,1-3H3,(H,37,41)(H,43,44)/b14-11+. The van der Waals surface area contributed by atoms with Gasteiger partial charge in [-0.3, -0.25) is 9.59 Å². The Bertz CT molecular complexity index is 1600. The summed E-state index contributed by atoms with van der Waals surface area (Å²) in [6.45, 7) is 4.39. The van der Waals surface area contributed by atoms with E-state index < -0.39 is 11.4 Å². The molecule has 0 aliphatic carbocycles. The molecule has 3 aromatic rings. The van der Waals surface area contributed by atoms with E-state index in [0.717, 1.165) is 31.3 Å². The van der Waals surface area contributed by atoms with E-state index in [4.69, 9.17) is 4.74 Å². The quantitative estimate of drug-likeness (QED) is 0.0832. The SMILES string of the molecule is CC(C)=CCc1c(OCCCCCCCC(=O)NCc2cc(=O)c(O)cn2C)cc(/C=C/c2ccc(F)cc2)c(C(=O)O)c1O. The smallest absolute Gasteiger partial charge is 0.340 e. The normalized spacial score (nSPS) is 11.0.